The predicted octanol–water partition coefficient (Wildman–Crippen LogP) is 2.48. The number of amides is 1. The normalized spacial score (nSPS) is 19.9. The van der Waals surface area contributed by atoms with Gasteiger partial charge in [-0.3, -0.25) is 9.48 Å². The zero-order chi connectivity index (χ0) is 23.2. The summed E-state index contributed by atoms with van der Waals surface area (Å²) in [4.78, 5) is 20.1. The van der Waals surface area contributed by atoms with E-state index in [1.807, 2.05) is 32.2 Å². The molecule has 0 unspecified atom stereocenters. The fourth-order valence-electron chi connectivity index (χ4n) is 4.68. The lowest BCUT2D eigenvalue weighted by atomic mass is 9.85. The molecule has 0 fully saturated rings. The molecule has 174 valence electrons. The van der Waals surface area contributed by atoms with Crippen LogP contribution in [0.4, 0.5) is 5.69 Å². The fourth-order valence-corrected chi connectivity index (χ4v) is 5.39. The molecule has 1 amide bonds. The molecule has 0 saturated heterocycles. The van der Waals surface area contributed by atoms with E-state index in [4.69, 9.17) is 9.47 Å². The molecule has 9 nitrogen and oxygen atoms in total. The minimum absolute atomic E-state index is 0.0703. The fraction of sp³-hybridized carbons (Fsp3) is 0.435. The van der Waals surface area contributed by atoms with Crippen molar-refractivity contribution in [3.05, 3.63) is 46.7 Å². The Labute approximate surface area is 196 Å². The van der Waals surface area contributed by atoms with Gasteiger partial charge in [-0.2, -0.15) is 5.10 Å². The van der Waals surface area contributed by atoms with Crippen LogP contribution in [0.25, 0.3) is 11.1 Å². The molecular weight excluding hydrogens is 442 g/mol. The Bertz CT molecular complexity index is 1170. The highest BCUT2D eigenvalue weighted by atomic mass is 32.1. The average molecular weight is 470 g/mol. The second-order valence-electron chi connectivity index (χ2n) is 8.93. The molecule has 5 rings (SSSR count). The summed E-state index contributed by atoms with van der Waals surface area (Å²) in [5.74, 6) is 0.733. The van der Waals surface area contributed by atoms with Gasteiger partial charge in [-0.1, -0.05) is 6.07 Å². The van der Waals surface area contributed by atoms with E-state index in [1.165, 1.54) is 11.3 Å². The smallest absolute Gasteiger partial charge is 0.263 e. The first-order valence-corrected chi connectivity index (χ1v) is 11.7. The number of rotatable bonds is 6. The largest absolute Gasteiger partial charge is 0.490 e. The summed E-state index contributed by atoms with van der Waals surface area (Å²) in [6.07, 6.45) is 3.09. The maximum absolute atomic E-state index is 12.6. The first kappa shape index (κ1) is 21.9. The number of nitrogens with zero attached hydrogens (tertiary/aromatic N) is 4. The Balaban J connectivity index is 1.50. The average Bonchev–Trinajstić information content (AvgIpc) is 3.43. The van der Waals surface area contributed by atoms with Crippen molar-refractivity contribution in [3.63, 3.8) is 0 Å². The number of benzene rings is 1. The van der Waals surface area contributed by atoms with E-state index >= 15 is 0 Å². The number of hydrogen-bond acceptors (Lipinski definition) is 8. The van der Waals surface area contributed by atoms with Gasteiger partial charge >= 0.3 is 0 Å². The molecule has 2 aliphatic heterocycles. The van der Waals surface area contributed by atoms with Crippen LogP contribution in [0.2, 0.25) is 0 Å². The molecule has 1 aromatic carbocycles. The van der Waals surface area contributed by atoms with Gasteiger partial charge in [0, 0.05) is 18.9 Å². The van der Waals surface area contributed by atoms with Crippen molar-refractivity contribution in [2.75, 3.05) is 31.8 Å². The lowest BCUT2D eigenvalue weighted by molar-refractivity contribution is 0.0514. The van der Waals surface area contributed by atoms with Crippen molar-refractivity contribution in [2.24, 2.45) is 0 Å². The molecule has 33 heavy (non-hydrogen) atoms. The van der Waals surface area contributed by atoms with Gasteiger partial charge in [0.15, 0.2) is 0 Å². The quantitative estimate of drug-likeness (QED) is 0.572. The van der Waals surface area contributed by atoms with Crippen LogP contribution in [0.3, 0.4) is 0 Å². The van der Waals surface area contributed by atoms with E-state index in [-0.39, 0.29) is 18.6 Å². The lowest BCUT2D eigenvalue weighted by Crippen LogP contribution is -2.58. The number of carbonyl (C=O) groups excluding carboxylic acids is 1. The number of ether oxygens (including phenoxy) is 2. The third-order valence-corrected chi connectivity index (χ3v) is 6.91. The summed E-state index contributed by atoms with van der Waals surface area (Å²) in [7, 11) is 1.56. The number of nitrogens with one attached hydrogen (secondary N) is 1. The maximum Gasteiger partial charge on any atom is 0.263 e. The van der Waals surface area contributed by atoms with E-state index < -0.39 is 11.6 Å². The van der Waals surface area contributed by atoms with Gasteiger partial charge in [0.2, 0.25) is 0 Å². The predicted molar refractivity (Wildman–Crippen MR) is 125 cm³/mol. The highest BCUT2D eigenvalue weighted by molar-refractivity contribution is 7.12. The Morgan fingerprint density at radius 1 is 1.39 bits per heavy atom. The van der Waals surface area contributed by atoms with Gasteiger partial charge in [-0.15, -0.1) is 11.3 Å². The number of methoxy groups -OCH3 is 1. The Kier molecular flexibility index (Phi) is 5.59. The first-order valence-electron chi connectivity index (χ1n) is 10.9. The second-order valence-corrected chi connectivity index (χ2v) is 9.78. The minimum Gasteiger partial charge on any atom is -0.490 e. The molecule has 10 heteroatoms. The maximum atomic E-state index is 12.6. The number of carbonyl (C=O) groups is 1. The molecule has 0 bridgehead atoms. The molecule has 0 aliphatic carbocycles. The number of thiazole rings is 1. The number of aliphatic hydroxyl groups is 1. The van der Waals surface area contributed by atoms with Crippen LogP contribution in [-0.2, 0) is 11.3 Å². The van der Waals surface area contributed by atoms with Crippen molar-refractivity contribution in [2.45, 2.75) is 38.1 Å². The zero-order valence-corrected chi connectivity index (χ0v) is 19.6. The standard InChI is InChI=1S/C23H27N5O4S/c1-23(2)21(19-20(22(30)26-23)33-13-24-19)28-6-7-32-18-5-4-14(8-17(18)28)15-9-25-27(10-15)11-16(29)12-31-3/h4-5,8-10,13,16,21,29H,6-7,11-12H2,1-3H3,(H,26,30)/t16-,21-/m1/s1. The Morgan fingerprint density at radius 2 is 2.24 bits per heavy atom. The van der Waals surface area contributed by atoms with Gasteiger partial charge in [-0.05, 0) is 31.5 Å². The second kappa shape index (κ2) is 8.44. The van der Waals surface area contributed by atoms with E-state index in [0.717, 1.165) is 28.3 Å². The molecule has 3 aromatic rings. The first-order chi connectivity index (χ1) is 15.9. The van der Waals surface area contributed by atoms with Gasteiger partial charge in [0.25, 0.3) is 5.91 Å². The number of anilines is 1. The van der Waals surface area contributed by atoms with Crippen LogP contribution >= 0.6 is 11.3 Å². The van der Waals surface area contributed by atoms with Crippen molar-refractivity contribution in [1.29, 1.82) is 0 Å². The van der Waals surface area contributed by atoms with Crippen LogP contribution in [0.5, 0.6) is 5.75 Å². The number of hydrogen-bond donors (Lipinski definition) is 2. The molecule has 2 aromatic heterocycles. The van der Waals surface area contributed by atoms with Crippen molar-refractivity contribution in [1.82, 2.24) is 20.1 Å². The monoisotopic (exact) mass is 469 g/mol. The molecule has 0 radical (unpaired) electrons. The summed E-state index contributed by atoms with van der Waals surface area (Å²) in [5, 5.41) is 17.6. The lowest BCUT2D eigenvalue weighted by Gasteiger charge is -2.47. The third kappa shape index (κ3) is 3.98. The number of fused-ring (bicyclic) bond motifs is 2. The SMILES string of the molecule is COC[C@H](O)Cn1cc(-c2ccc3c(c2)N([C@@H]2c4ncsc4C(=O)NC2(C)C)CCO3)cn1. The van der Waals surface area contributed by atoms with Crippen molar-refractivity contribution in [3.8, 4) is 16.9 Å². The van der Waals surface area contributed by atoms with E-state index in [0.29, 0.717) is 24.6 Å². The van der Waals surface area contributed by atoms with Gasteiger partial charge in [0.1, 0.15) is 17.2 Å². The summed E-state index contributed by atoms with van der Waals surface area (Å²) >= 11 is 1.37. The minimum atomic E-state index is -0.619. The van der Waals surface area contributed by atoms with Crippen LogP contribution in [0.1, 0.15) is 35.3 Å². The van der Waals surface area contributed by atoms with Crippen LogP contribution in [0.15, 0.2) is 36.1 Å². The molecule has 2 atom stereocenters. The Hall–Kier alpha value is -2.95. The molecule has 0 saturated carbocycles. The molecule has 2 aliphatic rings. The van der Waals surface area contributed by atoms with Crippen molar-refractivity contribution >= 4 is 22.9 Å². The summed E-state index contributed by atoms with van der Waals surface area (Å²) in [5.41, 5.74) is 4.94. The topological polar surface area (TPSA) is 102 Å². The number of aliphatic hydroxyl groups excluding tert-OH is 1. The van der Waals surface area contributed by atoms with E-state index in [2.05, 4.69) is 26.4 Å². The van der Waals surface area contributed by atoms with Crippen LogP contribution in [0, 0.1) is 0 Å². The Morgan fingerprint density at radius 3 is 3.06 bits per heavy atom. The third-order valence-electron chi connectivity index (χ3n) is 6.07. The highest BCUT2D eigenvalue weighted by Crippen LogP contribution is 2.45. The van der Waals surface area contributed by atoms with Gasteiger partial charge < -0.3 is 24.8 Å². The summed E-state index contributed by atoms with van der Waals surface area (Å²) in [6, 6.07) is 5.96. The molecule has 4 heterocycles. The van der Waals surface area contributed by atoms with Crippen molar-refractivity contribution < 1.29 is 19.4 Å². The van der Waals surface area contributed by atoms with E-state index in [1.54, 1.807) is 23.5 Å². The van der Waals surface area contributed by atoms with Gasteiger partial charge in [-0.25, -0.2) is 4.98 Å². The van der Waals surface area contributed by atoms with E-state index in [9.17, 15) is 9.90 Å². The van der Waals surface area contributed by atoms with Crippen LogP contribution < -0.4 is 15.0 Å². The highest BCUT2D eigenvalue weighted by Gasteiger charge is 2.46. The molecule has 0 spiro atoms. The van der Waals surface area contributed by atoms with Crippen LogP contribution in [-0.4, -0.2) is 64.3 Å². The molecular formula is C23H27N5O4S. The molecule has 2 N–H and O–H groups in total. The zero-order valence-electron chi connectivity index (χ0n) is 18.8. The summed E-state index contributed by atoms with van der Waals surface area (Å²) < 4.78 is 12.7. The van der Waals surface area contributed by atoms with Gasteiger partial charge in [0.05, 0.1) is 60.5 Å². The summed E-state index contributed by atoms with van der Waals surface area (Å²) in [6.45, 7) is 5.92. The number of aromatic nitrogens is 3.